The minimum atomic E-state index is -1.38. The molecule has 0 unspecified atom stereocenters. The molecule has 2 aromatic carbocycles. The third-order valence-corrected chi connectivity index (χ3v) is 3.23. The van der Waals surface area contributed by atoms with E-state index in [1.54, 1.807) is 24.3 Å². The van der Waals surface area contributed by atoms with Gasteiger partial charge in [-0.2, -0.15) is 0 Å². The van der Waals surface area contributed by atoms with Crippen LogP contribution in [0.25, 0.3) is 0 Å². The molecule has 2 aromatic rings. The lowest BCUT2D eigenvalue weighted by Gasteiger charge is -2.07. The van der Waals surface area contributed by atoms with Crippen LogP contribution in [0.4, 0.5) is 20.2 Å². The van der Waals surface area contributed by atoms with Gasteiger partial charge in [0.05, 0.1) is 11.0 Å². The van der Waals surface area contributed by atoms with E-state index in [1.165, 1.54) is 0 Å². The van der Waals surface area contributed by atoms with Crippen LogP contribution >= 0.6 is 22.6 Å². The second-order valence-electron chi connectivity index (χ2n) is 4.01. The highest BCUT2D eigenvalue weighted by atomic mass is 127. The van der Waals surface area contributed by atoms with Gasteiger partial charge in [-0.25, -0.2) is 8.78 Å². The molecule has 0 aliphatic heterocycles. The molecule has 21 heavy (non-hydrogen) atoms. The number of carbonyl (C=O) groups is 1. The number of anilines is 1. The summed E-state index contributed by atoms with van der Waals surface area (Å²) in [5, 5.41) is 13.2. The summed E-state index contributed by atoms with van der Waals surface area (Å²) in [6.07, 6.45) is 0. The summed E-state index contributed by atoms with van der Waals surface area (Å²) in [5.41, 5.74) is -0.944. The molecule has 0 spiro atoms. The van der Waals surface area contributed by atoms with E-state index in [1.807, 2.05) is 22.6 Å². The minimum Gasteiger partial charge on any atom is -0.322 e. The van der Waals surface area contributed by atoms with Crippen LogP contribution in [0.5, 0.6) is 0 Å². The number of rotatable bonds is 3. The number of halogens is 3. The van der Waals surface area contributed by atoms with Crippen molar-refractivity contribution in [1.82, 2.24) is 0 Å². The lowest BCUT2D eigenvalue weighted by Crippen LogP contribution is -2.15. The van der Waals surface area contributed by atoms with E-state index >= 15 is 0 Å². The van der Waals surface area contributed by atoms with Crippen LogP contribution in [0, 0.1) is 25.3 Å². The first kappa shape index (κ1) is 15.3. The average Bonchev–Trinajstić information content (AvgIpc) is 2.41. The van der Waals surface area contributed by atoms with Gasteiger partial charge in [0.25, 0.3) is 11.6 Å². The molecular formula is C13H7F2IN2O3. The van der Waals surface area contributed by atoms with Gasteiger partial charge in [0.1, 0.15) is 5.56 Å². The monoisotopic (exact) mass is 404 g/mol. The van der Waals surface area contributed by atoms with E-state index in [9.17, 15) is 23.7 Å². The summed E-state index contributed by atoms with van der Waals surface area (Å²) >= 11 is 2.02. The maximum absolute atomic E-state index is 13.2. The Bertz CT molecular complexity index is 737. The minimum absolute atomic E-state index is 0.388. The molecular weight excluding hydrogens is 397 g/mol. The van der Waals surface area contributed by atoms with E-state index in [4.69, 9.17) is 0 Å². The van der Waals surface area contributed by atoms with Crippen LogP contribution < -0.4 is 5.32 Å². The van der Waals surface area contributed by atoms with Gasteiger partial charge in [0.2, 0.25) is 0 Å². The molecule has 0 aliphatic carbocycles. The normalized spacial score (nSPS) is 10.2. The summed E-state index contributed by atoms with van der Waals surface area (Å²) in [6, 6.07) is 7.57. The Morgan fingerprint density at radius 2 is 1.86 bits per heavy atom. The fraction of sp³-hybridized carbons (Fsp3) is 0. The molecule has 5 nitrogen and oxygen atoms in total. The number of hydrogen-bond donors (Lipinski definition) is 1. The number of nitro benzene ring substituents is 1. The Hall–Kier alpha value is -2.10. The van der Waals surface area contributed by atoms with E-state index in [-0.39, 0.29) is 0 Å². The fourth-order valence-electron chi connectivity index (χ4n) is 1.63. The zero-order chi connectivity index (χ0) is 15.6. The van der Waals surface area contributed by atoms with Crippen LogP contribution in [0.2, 0.25) is 0 Å². The van der Waals surface area contributed by atoms with Gasteiger partial charge in [-0.05, 0) is 46.9 Å². The van der Waals surface area contributed by atoms with Crippen LogP contribution in [0.3, 0.4) is 0 Å². The lowest BCUT2D eigenvalue weighted by molar-refractivity contribution is -0.385. The summed E-state index contributed by atoms with van der Waals surface area (Å²) in [5.74, 6) is -3.59. The second-order valence-corrected chi connectivity index (χ2v) is 5.25. The van der Waals surface area contributed by atoms with Crippen molar-refractivity contribution in [3.63, 3.8) is 0 Å². The molecule has 0 atom stereocenters. The predicted octanol–water partition coefficient (Wildman–Crippen LogP) is 3.73. The average molecular weight is 404 g/mol. The van der Waals surface area contributed by atoms with Gasteiger partial charge in [-0.3, -0.25) is 14.9 Å². The van der Waals surface area contributed by atoms with Crippen molar-refractivity contribution < 1.29 is 18.5 Å². The Kier molecular flexibility index (Phi) is 4.46. The number of nitrogens with one attached hydrogen (secondary N) is 1. The van der Waals surface area contributed by atoms with Crippen molar-refractivity contribution >= 4 is 39.9 Å². The molecule has 0 radical (unpaired) electrons. The number of nitro groups is 1. The molecule has 108 valence electrons. The lowest BCUT2D eigenvalue weighted by atomic mass is 10.1. The van der Waals surface area contributed by atoms with Crippen LogP contribution in [0.15, 0.2) is 36.4 Å². The van der Waals surface area contributed by atoms with Crippen molar-refractivity contribution in [2.45, 2.75) is 0 Å². The first-order valence-electron chi connectivity index (χ1n) is 5.59. The van der Waals surface area contributed by atoms with Crippen molar-refractivity contribution in [2.24, 2.45) is 0 Å². The molecule has 2 rings (SSSR count). The van der Waals surface area contributed by atoms with Crippen molar-refractivity contribution in [2.75, 3.05) is 5.32 Å². The number of amides is 1. The smallest absolute Gasteiger partial charge is 0.285 e. The standard InChI is InChI=1S/C13H7F2IN2O3/c14-10-5-9(12(18(20)21)6-11(10)15)13(19)17-8-3-1-2-7(16)4-8/h1-6H,(H,17,19). The van der Waals surface area contributed by atoms with Crippen LogP contribution in [0.1, 0.15) is 10.4 Å². The van der Waals surface area contributed by atoms with Gasteiger partial charge in [-0.1, -0.05) is 6.07 Å². The van der Waals surface area contributed by atoms with Crippen molar-refractivity contribution in [3.8, 4) is 0 Å². The molecule has 1 N–H and O–H groups in total. The van der Waals surface area contributed by atoms with Crippen molar-refractivity contribution in [1.29, 1.82) is 0 Å². The fourth-order valence-corrected chi connectivity index (χ4v) is 2.18. The van der Waals surface area contributed by atoms with E-state index in [0.717, 1.165) is 3.57 Å². The van der Waals surface area contributed by atoms with Gasteiger partial charge in [0, 0.05) is 9.26 Å². The van der Waals surface area contributed by atoms with Crippen LogP contribution in [-0.4, -0.2) is 10.8 Å². The van der Waals surface area contributed by atoms with E-state index in [0.29, 0.717) is 17.8 Å². The van der Waals surface area contributed by atoms with E-state index < -0.39 is 33.7 Å². The number of nitrogens with zero attached hydrogens (tertiary/aromatic N) is 1. The number of benzene rings is 2. The zero-order valence-electron chi connectivity index (χ0n) is 10.3. The third kappa shape index (κ3) is 3.51. The molecule has 0 saturated carbocycles. The first-order chi connectivity index (χ1) is 9.88. The molecule has 0 aliphatic rings. The molecule has 0 bridgehead atoms. The Balaban J connectivity index is 2.39. The van der Waals surface area contributed by atoms with Gasteiger partial charge < -0.3 is 5.32 Å². The molecule has 0 saturated heterocycles. The molecule has 0 heterocycles. The van der Waals surface area contributed by atoms with Gasteiger partial charge >= 0.3 is 0 Å². The Morgan fingerprint density at radius 3 is 2.48 bits per heavy atom. The van der Waals surface area contributed by atoms with Crippen molar-refractivity contribution in [3.05, 3.63) is 67.3 Å². The summed E-state index contributed by atoms with van der Waals surface area (Å²) in [6.45, 7) is 0. The second kappa shape index (κ2) is 6.12. The summed E-state index contributed by atoms with van der Waals surface area (Å²) in [7, 11) is 0. The van der Waals surface area contributed by atoms with Gasteiger partial charge in [0.15, 0.2) is 11.6 Å². The Morgan fingerprint density at radius 1 is 1.19 bits per heavy atom. The Labute approximate surface area is 131 Å². The first-order valence-corrected chi connectivity index (χ1v) is 6.66. The zero-order valence-corrected chi connectivity index (χ0v) is 12.4. The predicted molar refractivity (Wildman–Crippen MR) is 80.1 cm³/mol. The maximum atomic E-state index is 13.2. The number of carbonyl (C=O) groups excluding carboxylic acids is 1. The molecule has 8 heteroatoms. The highest BCUT2D eigenvalue weighted by molar-refractivity contribution is 14.1. The largest absolute Gasteiger partial charge is 0.322 e. The summed E-state index contributed by atoms with van der Waals surface area (Å²) < 4.78 is 27.1. The van der Waals surface area contributed by atoms with Crippen LogP contribution in [-0.2, 0) is 0 Å². The quantitative estimate of drug-likeness (QED) is 0.482. The van der Waals surface area contributed by atoms with Gasteiger partial charge in [-0.15, -0.1) is 0 Å². The SMILES string of the molecule is O=C(Nc1cccc(I)c1)c1cc(F)c(F)cc1[N+](=O)[O-]. The number of hydrogen-bond acceptors (Lipinski definition) is 3. The third-order valence-electron chi connectivity index (χ3n) is 2.56. The molecule has 0 fully saturated rings. The molecule has 1 amide bonds. The highest BCUT2D eigenvalue weighted by Crippen LogP contribution is 2.23. The summed E-state index contributed by atoms with van der Waals surface area (Å²) in [4.78, 5) is 21.9. The van der Waals surface area contributed by atoms with E-state index in [2.05, 4.69) is 5.32 Å². The topological polar surface area (TPSA) is 72.2 Å². The highest BCUT2D eigenvalue weighted by Gasteiger charge is 2.24. The maximum Gasteiger partial charge on any atom is 0.285 e. The molecule has 0 aromatic heterocycles.